The number of nitrogens with zero attached hydrogens (tertiary/aromatic N) is 2. The van der Waals surface area contributed by atoms with Gasteiger partial charge in [-0.2, -0.15) is 0 Å². The van der Waals surface area contributed by atoms with Crippen molar-refractivity contribution in [2.24, 2.45) is 11.3 Å². The molecule has 0 unspecified atom stereocenters. The number of ether oxygens (including phenoxy) is 1. The molecule has 2 aromatic rings. The third-order valence-corrected chi connectivity index (χ3v) is 6.51. The molecule has 2 aliphatic heterocycles. The van der Waals surface area contributed by atoms with Crippen molar-refractivity contribution in [1.82, 2.24) is 9.80 Å². The standard InChI is InChI=1S/C26H32N2O3/c1-20(2)24(29)28-13-12-26(19-28,25(30)27-14-16-31-17-15-27)18-21-8-10-23(11-9-21)22-6-4-3-5-7-22/h3-11,20H,12-19H2,1-2H3/t26-/m0/s1. The van der Waals surface area contributed by atoms with Crippen LogP contribution in [-0.2, 0) is 20.7 Å². The van der Waals surface area contributed by atoms with E-state index in [1.54, 1.807) is 0 Å². The van der Waals surface area contributed by atoms with Gasteiger partial charge in [-0.15, -0.1) is 0 Å². The highest BCUT2D eigenvalue weighted by Crippen LogP contribution is 2.37. The first-order chi connectivity index (χ1) is 15.0. The minimum atomic E-state index is -0.559. The Balaban J connectivity index is 1.57. The van der Waals surface area contributed by atoms with Crippen LogP contribution in [-0.4, -0.2) is 61.0 Å². The fraction of sp³-hybridized carbons (Fsp3) is 0.462. The van der Waals surface area contributed by atoms with Crippen LogP contribution in [0.5, 0.6) is 0 Å². The van der Waals surface area contributed by atoms with Crippen LogP contribution in [0.15, 0.2) is 54.6 Å². The summed E-state index contributed by atoms with van der Waals surface area (Å²) in [7, 11) is 0. The number of rotatable bonds is 5. The largest absolute Gasteiger partial charge is 0.378 e. The van der Waals surface area contributed by atoms with Crippen LogP contribution < -0.4 is 0 Å². The van der Waals surface area contributed by atoms with E-state index in [4.69, 9.17) is 4.74 Å². The van der Waals surface area contributed by atoms with Crippen LogP contribution in [0, 0.1) is 11.3 Å². The summed E-state index contributed by atoms with van der Waals surface area (Å²) in [6.45, 7) is 7.43. The van der Waals surface area contributed by atoms with Crippen LogP contribution in [0.3, 0.4) is 0 Å². The maximum absolute atomic E-state index is 13.7. The average Bonchev–Trinajstić information content (AvgIpc) is 3.24. The second-order valence-corrected chi connectivity index (χ2v) is 9.09. The average molecular weight is 421 g/mol. The molecule has 2 saturated heterocycles. The van der Waals surface area contributed by atoms with Crippen molar-refractivity contribution in [2.45, 2.75) is 26.7 Å². The van der Waals surface area contributed by atoms with Gasteiger partial charge in [-0.1, -0.05) is 68.4 Å². The summed E-state index contributed by atoms with van der Waals surface area (Å²) in [5.41, 5.74) is 2.93. The fourth-order valence-electron chi connectivity index (χ4n) is 4.76. The van der Waals surface area contributed by atoms with E-state index < -0.39 is 5.41 Å². The second-order valence-electron chi connectivity index (χ2n) is 9.09. The summed E-state index contributed by atoms with van der Waals surface area (Å²) in [5.74, 6) is 0.248. The number of carbonyl (C=O) groups is 2. The smallest absolute Gasteiger partial charge is 0.231 e. The Hall–Kier alpha value is -2.66. The molecule has 0 radical (unpaired) electrons. The number of benzene rings is 2. The van der Waals surface area contributed by atoms with Crippen molar-refractivity contribution in [3.8, 4) is 11.1 Å². The highest BCUT2D eigenvalue weighted by atomic mass is 16.5. The highest BCUT2D eigenvalue weighted by Gasteiger charge is 2.48. The maximum atomic E-state index is 13.7. The maximum Gasteiger partial charge on any atom is 0.231 e. The number of amides is 2. The van der Waals surface area contributed by atoms with Gasteiger partial charge in [0.15, 0.2) is 0 Å². The summed E-state index contributed by atoms with van der Waals surface area (Å²) >= 11 is 0. The lowest BCUT2D eigenvalue weighted by molar-refractivity contribution is -0.146. The lowest BCUT2D eigenvalue weighted by Gasteiger charge is -2.36. The van der Waals surface area contributed by atoms with Gasteiger partial charge in [0.1, 0.15) is 0 Å². The Kier molecular flexibility index (Phi) is 6.42. The molecule has 2 aliphatic rings. The molecule has 164 valence electrons. The topological polar surface area (TPSA) is 49.9 Å². The fourth-order valence-corrected chi connectivity index (χ4v) is 4.76. The molecule has 31 heavy (non-hydrogen) atoms. The number of morpholine rings is 1. The molecule has 5 nitrogen and oxygen atoms in total. The minimum absolute atomic E-state index is 0.0561. The van der Waals surface area contributed by atoms with Gasteiger partial charge in [0.05, 0.1) is 18.6 Å². The number of likely N-dealkylation sites (tertiary alicyclic amines) is 1. The SMILES string of the molecule is CC(C)C(=O)N1CC[C@@](Cc2ccc(-c3ccccc3)cc2)(C(=O)N2CCOCC2)C1. The van der Waals surface area contributed by atoms with Crippen LogP contribution in [0.25, 0.3) is 11.1 Å². The molecular weight excluding hydrogens is 388 g/mol. The Labute approximate surface area is 185 Å². The van der Waals surface area contributed by atoms with Crippen LogP contribution >= 0.6 is 0 Å². The normalized spacial score (nSPS) is 21.5. The number of hydrogen-bond donors (Lipinski definition) is 0. The summed E-state index contributed by atoms with van der Waals surface area (Å²) < 4.78 is 5.45. The third kappa shape index (κ3) is 4.67. The molecule has 2 amide bonds. The molecule has 5 heteroatoms. The van der Waals surface area contributed by atoms with Gasteiger partial charge in [0.2, 0.25) is 11.8 Å². The Morgan fingerprint density at radius 3 is 2.19 bits per heavy atom. The van der Waals surface area contributed by atoms with Crippen molar-refractivity contribution >= 4 is 11.8 Å². The predicted octanol–water partition coefficient (Wildman–Crippen LogP) is 3.63. The molecule has 0 N–H and O–H groups in total. The molecule has 1 atom stereocenters. The highest BCUT2D eigenvalue weighted by molar-refractivity contribution is 5.86. The van der Waals surface area contributed by atoms with Crippen molar-refractivity contribution in [2.75, 3.05) is 39.4 Å². The third-order valence-electron chi connectivity index (χ3n) is 6.51. The zero-order chi connectivity index (χ0) is 21.8. The van der Waals surface area contributed by atoms with Gasteiger partial charge in [0, 0.05) is 32.1 Å². The Morgan fingerprint density at radius 2 is 1.55 bits per heavy atom. The first-order valence-electron chi connectivity index (χ1n) is 11.3. The van der Waals surface area contributed by atoms with E-state index in [0.717, 1.165) is 5.56 Å². The summed E-state index contributed by atoms with van der Waals surface area (Å²) in [5, 5.41) is 0. The molecule has 4 rings (SSSR count). The number of hydrogen-bond acceptors (Lipinski definition) is 3. The molecule has 0 aliphatic carbocycles. The van der Waals surface area contributed by atoms with E-state index in [1.807, 2.05) is 41.8 Å². The van der Waals surface area contributed by atoms with E-state index in [-0.39, 0.29) is 17.7 Å². The van der Waals surface area contributed by atoms with Crippen molar-refractivity contribution in [3.63, 3.8) is 0 Å². The van der Waals surface area contributed by atoms with E-state index in [2.05, 4.69) is 36.4 Å². The van der Waals surface area contributed by atoms with Crippen molar-refractivity contribution in [1.29, 1.82) is 0 Å². The summed E-state index contributed by atoms with van der Waals surface area (Å²) in [6, 6.07) is 18.8. The van der Waals surface area contributed by atoms with Crippen molar-refractivity contribution in [3.05, 3.63) is 60.2 Å². The lowest BCUT2D eigenvalue weighted by atomic mass is 9.79. The molecular formula is C26H32N2O3. The summed E-state index contributed by atoms with van der Waals surface area (Å²) in [4.78, 5) is 30.2. The molecule has 2 heterocycles. The molecule has 2 aromatic carbocycles. The van der Waals surface area contributed by atoms with E-state index in [0.29, 0.717) is 52.2 Å². The predicted molar refractivity (Wildman–Crippen MR) is 121 cm³/mol. The first kappa shape index (κ1) is 21.6. The van der Waals surface area contributed by atoms with Gasteiger partial charge < -0.3 is 14.5 Å². The second kappa shape index (κ2) is 9.23. The minimum Gasteiger partial charge on any atom is -0.378 e. The lowest BCUT2D eigenvalue weighted by Crippen LogP contribution is -2.51. The Morgan fingerprint density at radius 1 is 0.903 bits per heavy atom. The molecule has 2 fully saturated rings. The zero-order valence-electron chi connectivity index (χ0n) is 18.5. The zero-order valence-corrected chi connectivity index (χ0v) is 18.5. The van der Waals surface area contributed by atoms with Gasteiger partial charge in [0.25, 0.3) is 0 Å². The Bertz CT molecular complexity index is 904. The molecule has 0 bridgehead atoms. The quantitative estimate of drug-likeness (QED) is 0.742. The van der Waals surface area contributed by atoms with Crippen LogP contribution in [0.1, 0.15) is 25.8 Å². The van der Waals surface area contributed by atoms with Crippen LogP contribution in [0.4, 0.5) is 0 Å². The van der Waals surface area contributed by atoms with Crippen molar-refractivity contribution < 1.29 is 14.3 Å². The summed E-state index contributed by atoms with van der Waals surface area (Å²) in [6.07, 6.45) is 1.36. The molecule has 0 aromatic heterocycles. The monoisotopic (exact) mass is 420 g/mol. The molecule has 0 saturated carbocycles. The van der Waals surface area contributed by atoms with E-state index in [1.165, 1.54) is 11.1 Å². The van der Waals surface area contributed by atoms with E-state index >= 15 is 0 Å². The van der Waals surface area contributed by atoms with Gasteiger partial charge in [-0.25, -0.2) is 0 Å². The van der Waals surface area contributed by atoms with Gasteiger partial charge in [-0.3, -0.25) is 9.59 Å². The molecule has 0 spiro atoms. The van der Waals surface area contributed by atoms with E-state index in [9.17, 15) is 9.59 Å². The van der Waals surface area contributed by atoms with Gasteiger partial charge in [-0.05, 0) is 29.5 Å². The van der Waals surface area contributed by atoms with Gasteiger partial charge >= 0.3 is 0 Å². The van der Waals surface area contributed by atoms with Crippen LogP contribution in [0.2, 0.25) is 0 Å². The number of carbonyl (C=O) groups excluding carboxylic acids is 2. The first-order valence-corrected chi connectivity index (χ1v) is 11.3.